The van der Waals surface area contributed by atoms with Crippen LogP contribution in [0.4, 0.5) is 14.6 Å². The van der Waals surface area contributed by atoms with Crippen molar-refractivity contribution in [2.24, 2.45) is 0 Å². The van der Waals surface area contributed by atoms with E-state index in [0.29, 0.717) is 22.2 Å². The smallest absolute Gasteiger partial charge is 0.387 e. The van der Waals surface area contributed by atoms with E-state index in [1.54, 1.807) is 6.20 Å². The van der Waals surface area contributed by atoms with Crippen LogP contribution in [0.2, 0.25) is 0 Å². The summed E-state index contributed by atoms with van der Waals surface area (Å²) in [6.45, 7) is 0.594. The average Bonchev–Trinajstić information content (AvgIpc) is 3.11. The first-order chi connectivity index (χ1) is 13.2. The van der Waals surface area contributed by atoms with Gasteiger partial charge in [0.1, 0.15) is 17.6 Å². The number of fused-ring (bicyclic) bond motifs is 1. The van der Waals surface area contributed by atoms with Gasteiger partial charge in [-0.05, 0) is 18.2 Å². The lowest BCUT2D eigenvalue weighted by Gasteiger charge is -2.28. The maximum atomic E-state index is 12.7. The fraction of sp³-hybridized carbons (Fsp3) is 0.278. The first-order valence-electron chi connectivity index (χ1n) is 8.44. The van der Waals surface area contributed by atoms with E-state index in [4.69, 9.17) is 0 Å². The molecule has 1 fully saturated rings. The van der Waals surface area contributed by atoms with E-state index < -0.39 is 6.61 Å². The summed E-state index contributed by atoms with van der Waals surface area (Å²) in [4.78, 5) is 6.68. The van der Waals surface area contributed by atoms with Crippen LogP contribution in [0.15, 0.2) is 36.8 Å². The fourth-order valence-electron chi connectivity index (χ4n) is 3.19. The second-order valence-electron chi connectivity index (χ2n) is 6.07. The highest BCUT2D eigenvalue weighted by Crippen LogP contribution is 2.31. The van der Waals surface area contributed by atoms with Crippen molar-refractivity contribution in [2.75, 3.05) is 31.1 Å². The molecule has 0 amide bonds. The maximum Gasteiger partial charge on any atom is 0.387 e. The number of halogens is 4. The number of nitriles is 1. The number of aromatic nitrogens is 3. The number of pyridine rings is 2. The van der Waals surface area contributed by atoms with Crippen molar-refractivity contribution in [1.82, 2.24) is 19.9 Å². The molecule has 4 rings (SSSR count). The molecule has 1 aliphatic heterocycles. The zero-order chi connectivity index (χ0) is 18.8. The van der Waals surface area contributed by atoms with E-state index in [2.05, 4.69) is 31.1 Å². The van der Waals surface area contributed by atoms with Crippen molar-refractivity contribution in [3.05, 3.63) is 42.4 Å². The zero-order valence-corrected chi connectivity index (χ0v) is 16.7. The quantitative estimate of drug-likeness (QED) is 0.668. The van der Waals surface area contributed by atoms with Gasteiger partial charge in [-0.2, -0.15) is 19.1 Å². The lowest BCUT2D eigenvalue weighted by Crippen LogP contribution is -2.43. The highest BCUT2D eigenvalue weighted by molar-refractivity contribution is 5.86. The third kappa shape index (κ3) is 4.67. The van der Waals surface area contributed by atoms with Crippen molar-refractivity contribution in [3.63, 3.8) is 0 Å². The van der Waals surface area contributed by atoms with Crippen LogP contribution in [0.25, 0.3) is 16.6 Å². The van der Waals surface area contributed by atoms with Gasteiger partial charge in [-0.25, -0.2) is 9.50 Å². The molecular weight excluding hydrogens is 425 g/mol. The molecule has 0 atom stereocenters. The molecule has 0 aliphatic carbocycles. The largest absolute Gasteiger partial charge is 0.433 e. The maximum absolute atomic E-state index is 12.7. The predicted molar refractivity (Wildman–Crippen MR) is 109 cm³/mol. The van der Waals surface area contributed by atoms with Crippen molar-refractivity contribution < 1.29 is 13.5 Å². The van der Waals surface area contributed by atoms with Crippen LogP contribution in [0, 0.1) is 11.3 Å². The van der Waals surface area contributed by atoms with Gasteiger partial charge in [0, 0.05) is 43.5 Å². The number of anilines is 1. The van der Waals surface area contributed by atoms with Crippen molar-refractivity contribution in [2.45, 2.75) is 6.61 Å². The van der Waals surface area contributed by atoms with Crippen LogP contribution in [-0.4, -0.2) is 47.4 Å². The van der Waals surface area contributed by atoms with Gasteiger partial charge < -0.3 is 15.0 Å². The average molecular weight is 443 g/mol. The topological polar surface area (TPSA) is 78.5 Å². The summed E-state index contributed by atoms with van der Waals surface area (Å²) in [7, 11) is 0. The Morgan fingerprint density at radius 3 is 2.55 bits per heavy atom. The van der Waals surface area contributed by atoms with Crippen LogP contribution in [0.5, 0.6) is 5.75 Å². The van der Waals surface area contributed by atoms with Gasteiger partial charge in [0.25, 0.3) is 0 Å². The number of alkyl halides is 2. The molecule has 0 unspecified atom stereocenters. The molecule has 1 saturated heterocycles. The Bertz CT molecular complexity index is 1000. The number of hydrogen-bond acceptors (Lipinski definition) is 6. The Balaban J connectivity index is 0.00000150. The number of rotatable bonds is 4. The molecule has 0 aromatic carbocycles. The molecule has 29 heavy (non-hydrogen) atoms. The van der Waals surface area contributed by atoms with Gasteiger partial charge in [-0.15, -0.1) is 24.8 Å². The van der Waals surface area contributed by atoms with Crippen molar-refractivity contribution in [3.8, 4) is 22.9 Å². The Morgan fingerprint density at radius 2 is 1.93 bits per heavy atom. The van der Waals surface area contributed by atoms with E-state index >= 15 is 0 Å². The standard InChI is InChI=1S/C18H16F2N6O.2ClH/c19-18(20)27-14-7-15(17-13(8-21)10-24-26(17)11-14)12-1-2-16(23-9-12)25-5-3-22-4-6-25;;/h1-2,7,9-11,18,22H,3-6H2;2*1H. The molecule has 0 bridgehead atoms. The molecule has 0 spiro atoms. The minimum absolute atomic E-state index is 0. The number of piperazine rings is 1. The molecule has 1 N–H and O–H groups in total. The van der Waals surface area contributed by atoms with Gasteiger partial charge in [0.05, 0.1) is 23.5 Å². The second kappa shape index (κ2) is 9.69. The summed E-state index contributed by atoms with van der Waals surface area (Å²) in [5.41, 5.74) is 2.12. The minimum Gasteiger partial charge on any atom is -0.433 e. The molecule has 1 aliphatic rings. The van der Waals surface area contributed by atoms with Crippen LogP contribution in [0.3, 0.4) is 0 Å². The molecule has 0 radical (unpaired) electrons. The summed E-state index contributed by atoms with van der Waals surface area (Å²) in [6.07, 6.45) is 4.40. The van der Waals surface area contributed by atoms with Crippen LogP contribution in [0.1, 0.15) is 5.56 Å². The molecule has 11 heteroatoms. The van der Waals surface area contributed by atoms with Crippen molar-refractivity contribution in [1.29, 1.82) is 5.26 Å². The van der Waals surface area contributed by atoms with E-state index in [9.17, 15) is 14.0 Å². The van der Waals surface area contributed by atoms with Gasteiger partial charge in [0.15, 0.2) is 0 Å². The number of hydrogen-bond donors (Lipinski definition) is 1. The van der Waals surface area contributed by atoms with Gasteiger partial charge in [-0.1, -0.05) is 0 Å². The Morgan fingerprint density at radius 1 is 1.17 bits per heavy atom. The first kappa shape index (κ1) is 22.6. The Labute approximate surface area is 178 Å². The summed E-state index contributed by atoms with van der Waals surface area (Å²) < 4.78 is 31.2. The Kier molecular flexibility index (Phi) is 7.56. The lowest BCUT2D eigenvalue weighted by atomic mass is 10.1. The second-order valence-corrected chi connectivity index (χ2v) is 6.07. The normalized spacial score (nSPS) is 13.5. The van der Waals surface area contributed by atoms with Crippen LogP contribution in [-0.2, 0) is 0 Å². The van der Waals surface area contributed by atoms with E-state index in [1.165, 1.54) is 23.0 Å². The number of nitrogens with one attached hydrogen (secondary N) is 1. The van der Waals surface area contributed by atoms with E-state index in [1.807, 2.05) is 12.1 Å². The van der Waals surface area contributed by atoms with Gasteiger partial charge in [0.2, 0.25) is 0 Å². The monoisotopic (exact) mass is 442 g/mol. The summed E-state index contributed by atoms with van der Waals surface area (Å²) in [5, 5.41) is 16.7. The summed E-state index contributed by atoms with van der Waals surface area (Å²) >= 11 is 0. The molecule has 3 aromatic heterocycles. The summed E-state index contributed by atoms with van der Waals surface area (Å²) in [6, 6.07) is 7.30. The van der Waals surface area contributed by atoms with E-state index in [-0.39, 0.29) is 30.6 Å². The molecular formula is C18H18Cl2F2N6O. The highest BCUT2D eigenvalue weighted by Gasteiger charge is 2.17. The fourth-order valence-corrected chi connectivity index (χ4v) is 3.19. The van der Waals surface area contributed by atoms with Crippen LogP contribution < -0.4 is 15.0 Å². The molecule has 3 aromatic rings. The molecule has 4 heterocycles. The third-order valence-corrected chi connectivity index (χ3v) is 4.43. The van der Waals surface area contributed by atoms with Gasteiger partial charge >= 0.3 is 6.61 Å². The minimum atomic E-state index is -2.95. The first-order valence-corrected chi connectivity index (χ1v) is 8.44. The third-order valence-electron chi connectivity index (χ3n) is 4.43. The molecule has 154 valence electrons. The Hall–Kier alpha value is -2.67. The van der Waals surface area contributed by atoms with Crippen LogP contribution >= 0.6 is 24.8 Å². The van der Waals surface area contributed by atoms with Gasteiger partial charge in [-0.3, -0.25) is 0 Å². The van der Waals surface area contributed by atoms with E-state index in [0.717, 1.165) is 32.0 Å². The predicted octanol–water partition coefficient (Wildman–Crippen LogP) is 3.12. The zero-order valence-electron chi connectivity index (χ0n) is 15.1. The van der Waals surface area contributed by atoms with Crippen molar-refractivity contribution >= 4 is 36.1 Å². The molecule has 0 saturated carbocycles. The summed E-state index contributed by atoms with van der Waals surface area (Å²) in [5.74, 6) is 0.816. The number of nitrogens with zero attached hydrogens (tertiary/aromatic N) is 5. The SMILES string of the molecule is Cl.Cl.N#Cc1cnn2cc(OC(F)F)cc(-c3ccc(N4CCNCC4)nc3)c12. The molecule has 7 nitrogen and oxygen atoms in total. The number of ether oxygens (including phenoxy) is 1. The highest BCUT2D eigenvalue weighted by atomic mass is 35.5. The lowest BCUT2D eigenvalue weighted by molar-refractivity contribution is -0.0501.